The van der Waals surface area contributed by atoms with E-state index in [0.717, 1.165) is 12.8 Å². The molecule has 0 saturated heterocycles. The first-order valence-electron chi connectivity index (χ1n) is 18.8. The summed E-state index contributed by atoms with van der Waals surface area (Å²) in [5, 5.41) is 0.234. The van der Waals surface area contributed by atoms with Crippen molar-refractivity contribution in [3.63, 3.8) is 0 Å². The molecular formula is C40H70O6Si. The number of carbonyl (C=O) groups excluding carboxylic acids is 1. The van der Waals surface area contributed by atoms with Crippen molar-refractivity contribution in [3.8, 4) is 0 Å². The number of hydrogen-bond donors (Lipinski definition) is 0. The van der Waals surface area contributed by atoms with Gasteiger partial charge in [0.05, 0.1) is 12.7 Å². The number of hydrogen-bond acceptors (Lipinski definition) is 6. The fraction of sp³-hybridized carbons (Fsp3) is 0.875. The van der Waals surface area contributed by atoms with Gasteiger partial charge in [-0.25, -0.2) is 4.79 Å². The third-order valence-corrected chi connectivity index (χ3v) is 18.7. The zero-order chi connectivity index (χ0) is 35.2. The molecule has 3 fully saturated rings. The van der Waals surface area contributed by atoms with Crippen molar-refractivity contribution >= 4 is 14.5 Å². The van der Waals surface area contributed by atoms with E-state index < -0.39 is 25.7 Å². The van der Waals surface area contributed by atoms with Gasteiger partial charge in [0.25, 0.3) is 0 Å². The molecule has 0 aliphatic heterocycles. The summed E-state index contributed by atoms with van der Waals surface area (Å²) in [5.41, 5.74) is 0.788. The monoisotopic (exact) mass is 674 g/mol. The molecular weight excluding hydrogens is 605 g/mol. The van der Waals surface area contributed by atoms with E-state index in [9.17, 15) is 4.79 Å². The number of methoxy groups -OCH3 is 1. The Morgan fingerprint density at radius 1 is 1.02 bits per heavy atom. The van der Waals surface area contributed by atoms with E-state index in [1.54, 1.807) is 5.57 Å². The van der Waals surface area contributed by atoms with E-state index in [1.807, 2.05) is 13.8 Å². The summed E-state index contributed by atoms with van der Waals surface area (Å²) >= 11 is 0. The Labute approximate surface area is 289 Å². The molecule has 0 spiro atoms. The second kappa shape index (κ2) is 13.9. The van der Waals surface area contributed by atoms with Crippen molar-refractivity contribution in [2.75, 3.05) is 13.7 Å². The predicted molar refractivity (Wildman–Crippen MR) is 194 cm³/mol. The normalized spacial score (nSPS) is 35.6. The van der Waals surface area contributed by atoms with E-state index in [1.165, 1.54) is 45.6 Å². The van der Waals surface area contributed by atoms with Crippen molar-refractivity contribution in [1.29, 1.82) is 0 Å². The van der Waals surface area contributed by atoms with Gasteiger partial charge in [-0.2, -0.15) is 0 Å². The van der Waals surface area contributed by atoms with E-state index in [2.05, 4.69) is 93.6 Å². The van der Waals surface area contributed by atoms with Gasteiger partial charge in [0.1, 0.15) is 5.60 Å². The molecule has 4 rings (SSSR count). The second-order valence-corrected chi connectivity index (χ2v) is 23.1. The van der Waals surface area contributed by atoms with Crippen LogP contribution in [0.5, 0.6) is 0 Å². The summed E-state index contributed by atoms with van der Waals surface area (Å²) in [6, 6.07) is 0. The molecule has 3 saturated carbocycles. The standard InChI is InChI=1S/C40H70O6Si/c1-15-43-28(3)44-37(7,8)27(2)20-25-40(11,45-35(41)42-12)34-19-18-32-31-17-16-29-26-30(46-47(13,14)36(4,5)6)21-23-38(29,9)33(31)22-24-39(32,34)10/h16,20,25,27-28,30-34H,15,17-19,21-24,26H2,1-14H3/b25-20-/t27-,28?,30-,31-,32-,33-,34-,38-,39-,40-/m0/s1. The highest BCUT2D eigenvalue weighted by Gasteiger charge is 2.62. The van der Waals surface area contributed by atoms with Crippen LogP contribution >= 0.6 is 0 Å². The van der Waals surface area contributed by atoms with E-state index >= 15 is 0 Å². The SMILES string of the molecule is CCOC(C)OC(C)(C)[C@@H](C)/C=C\[C@](C)(OC(=O)OC)[C@H]1CC[C@H]2[C@@H]3CC=C4C[C@@H](O[Si](C)(C)C(C)(C)C)CC[C@]4(C)[C@H]3CC[C@@]21C. The van der Waals surface area contributed by atoms with Gasteiger partial charge in [-0.3, -0.25) is 0 Å². The van der Waals surface area contributed by atoms with E-state index in [-0.39, 0.29) is 34.0 Å². The minimum atomic E-state index is -1.80. The van der Waals surface area contributed by atoms with Crippen LogP contribution in [0.1, 0.15) is 128 Å². The molecule has 0 amide bonds. The minimum Gasteiger partial charge on any atom is -0.438 e. The molecule has 6 nitrogen and oxygen atoms in total. The van der Waals surface area contributed by atoms with Crippen LogP contribution in [0.3, 0.4) is 0 Å². The van der Waals surface area contributed by atoms with Gasteiger partial charge in [-0.05, 0) is 139 Å². The molecule has 47 heavy (non-hydrogen) atoms. The lowest BCUT2D eigenvalue weighted by Crippen LogP contribution is -2.54. The Bertz CT molecular complexity index is 1170. The Morgan fingerprint density at radius 2 is 1.70 bits per heavy atom. The van der Waals surface area contributed by atoms with Crippen LogP contribution in [0.15, 0.2) is 23.8 Å². The zero-order valence-corrected chi connectivity index (χ0v) is 33.6. The van der Waals surface area contributed by atoms with Crippen molar-refractivity contribution < 1.29 is 28.2 Å². The molecule has 4 aliphatic carbocycles. The van der Waals surface area contributed by atoms with Crippen LogP contribution in [-0.2, 0) is 23.4 Å². The number of allylic oxidation sites excluding steroid dienone is 1. The summed E-state index contributed by atoms with van der Waals surface area (Å²) in [6.07, 6.45) is 15.7. The zero-order valence-electron chi connectivity index (χ0n) is 32.6. The van der Waals surface area contributed by atoms with E-state index in [0.29, 0.717) is 30.5 Å². The van der Waals surface area contributed by atoms with Crippen LogP contribution in [0.25, 0.3) is 0 Å². The molecule has 0 bridgehead atoms. The maximum atomic E-state index is 12.8. The van der Waals surface area contributed by atoms with Gasteiger partial charge in [0.15, 0.2) is 14.6 Å². The summed E-state index contributed by atoms with van der Waals surface area (Å²) in [6.45, 7) is 29.9. The molecule has 0 aromatic heterocycles. The summed E-state index contributed by atoms with van der Waals surface area (Å²) in [4.78, 5) is 12.8. The van der Waals surface area contributed by atoms with Gasteiger partial charge in [-0.1, -0.05) is 59.3 Å². The van der Waals surface area contributed by atoms with Crippen molar-refractivity contribution in [2.24, 2.45) is 40.4 Å². The number of rotatable bonds is 11. The minimum absolute atomic E-state index is 0.0734. The van der Waals surface area contributed by atoms with Gasteiger partial charge in [0.2, 0.25) is 0 Å². The third kappa shape index (κ3) is 7.63. The number of carbonyl (C=O) groups is 1. The highest BCUT2D eigenvalue weighted by Crippen LogP contribution is 2.68. The van der Waals surface area contributed by atoms with Gasteiger partial charge < -0.3 is 23.4 Å². The van der Waals surface area contributed by atoms with Crippen LogP contribution in [0, 0.1) is 40.4 Å². The number of fused-ring (bicyclic) bond motifs is 5. The van der Waals surface area contributed by atoms with Crippen LogP contribution < -0.4 is 0 Å². The topological polar surface area (TPSA) is 63.2 Å². The van der Waals surface area contributed by atoms with Crippen LogP contribution in [-0.4, -0.2) is 51.8 Å². The molecule has 1 unspecified atom stereocenters. The Hall–Kier alpha value is -1.15. The van der Waals surface area contributed by atoms with Gasteiger partial charge in [0, 0.05) is 24.5 Å². The Kier molecular flexibility index (Phi) is 11.4. The largest absolute Gasteiger partial charge is 0.508 e. The van der Waals surface area contributed by atoms with Crippen LogP contribution in [0.2, 0.25) is 18.1 Å². The van der Waals surface area contributed by atoms with Crippen molar-refractivity contribution in [1.82, 2.24) is 0 Å². The molecule has 0 aromatic rings. The first-order valence-corrected chi connectivity index (χ1v) is 21.7. The molecule has 270 valence electrons. The molecule has 0 N–H and O–H groups in total. The first kappa shape index (κ1) is 38.6. The predicted octanol–water partition coefficient (Wildman–Crippen LogP) is 10.9. The van der Waals surface area contributed by atoms with Crippen molar-refractivity contribution in [3.05, 3.63) is 23.8 Å². The maximum Gasteiger partial charge on any atom is 0.508 e. The molecule has 10 atom stereocenters. The fourth-order valence-electron chi connectivity index (χ4n) is 10.1. The fourth-order valence-corrected chi connectivity index (χ4v) is 11.5. The molecule has 0 aromatic carbocycles. The lowest BCUT2D eigenvalue weighted by molar-refractivity contribution is -0.198. The first-order chi connectivity index (χ1) is 21.6. The van der Waals surface area contributed by atoms with Crippen molar-refractivity contribution in [2.45, 2.75) is 169 Å². The average molecular weight is 675 g/mol. The smallest absolute Gasteiger partial charge is 0.438 e. The van der Waals surface area contributed by atoms with Gasteiger partial charge >= 0.3 is 6.16 Å². The average Bonchev–Trinajstić information content (AvgIpc) is 3.33. The summed E-state index contributed by atoms with van der Waals surface area (Å²) < 4.78 is 30.3. The van der Waals surface area contributed by atoms with E-state index in [4.69, 9.17) is 23.4 Å². The Balaban J connectivity index is 1.55. The highest BCUT2D eigenvalue weighted by molar-refractivity contribution is 6.74. The maximum absolute atomic E-state index is 12.8. The molecule has 0 radical (unpaired) electrons. The Morgan fingerprint density at radius 3 is 2.32 bits per heavy atom. The lowest BCUT2D eigenvalue weighted by atomic mass is 9.46. The van der Waals surface area contributed by atoms with Crippen LogP contribution in [0.4, 0.5) is 4.79 Å². The summed E-state index contributed by atoms with van der Waals surface area (Å²) in [5.74, 6) is 2.27. The highest BCUT2D eigenvalue weighted by atomic mass is 28.4. The number of ether oxygens (including phenoxy) is 4. The summed E-state index contributed by atoms with van der Waals surface area (Å²) in [7, 11) is -0.394. The quantitative estimate of drug-likeness (QED) is 0.0941. The molecule has 4 aliphatic rings. The lowest BCUT2D eigenvalue weighted by Gasteiger charge is -2.59. The molecule has 7 heteroatoms. The third-order valence-electron chi connectivity index (χ3n) is 14.2. The second-order valence-electron chi connectivity index (χ2n) is 18.3. The molecule has 0 heterocycles. The van der Waals surface area contributed by atoms with Gasteiger partial charge in [-0.15, -0.1) is 0 Å².